The second kappa shape index (κ2) is 12.6. The van der Waals surface area contributed by atoms with Crippen molar-refractivity contribution in [2.75, 3.05) is 13.2 Å². The number of carbonyl (C=O) groups excluding carboxylic acids is 3. The average molecular weight is 447 g/mol. The van der Waals surface area contributed by atoms with Gasteiger partial charge in [0, 0.05) is 11.4 Å². The molecule has 2 amide bonds. The monoisotopic (exact) mass is 446 g/mol. The molecule has 7 nitrogen and oxygen atoms in total. The summed E-state index contributed by atoms with van der Waals surface area (Å²) in [5.41, 5.74) is 7.36. The number of ether oxygens (including phenoxy) is 2. The maximum absolute atomic E-state index is 11.8. The van der Waals surface area contributed by atoms with Gasteiger partial charge in [-0.3, -0.25) is 25.2 Å². The van der Waals surface area contributed by atoms with Crippen LogP contribution in [0.1, 0.15) is 36.0 Å². The molecule has 0 saturated heterocycles. The SMILES string of the molecule is Cc1cc(OCC(=O)NNC(=O)CCC(=O)OCCCc2ccccc2)cc(C)c1Cl. The van der Waals surface area contributed by atoms with E-state index in [0.717, 1.165) is 17.5 Å². The van der Waals surface area contributed by atoms with Gasteiger partial charge in [0.05, 0.1) is 13.0 Å². The Morgan fingerprint density at radius 1 is 0.935 bits per heavy atom. The van der Waals surface area contributed by atoms with Gasteiger partial charge in [-0.2, -0.15) is 0 Å². The van der Waals surface area contributed by atoms with Crippen molar-refractivity contribution in [1.82, 2.24) is 10.9 Å². The first-order valence-electron chi connectivity index (χ1n) is 10.0. The Bertz CT molecular complexity index is 879. The highest BCUT2D eigenvalue weighted by Gasteiger charge is 2.10. The van der Waals surface area contributed by atoms with Gasteiger partial charge in [0.15, 0.2) is 6.61 Å². The number of hydrazine groups is 1. The molecule has 8 heteroatoms. The lowest BCUT2D eigenvalue weighted by Crippen LogP contribution is -2.43. The van der Waals surface area contributed by atoms with Crippen molar-refractivity contribution in [3.8, 4) is 5.75 Å². The van der Waals surface area contributed by atoms with Crippen LogP contribution in [-0.4, -0.2) is 31.0 Å². The van der Waals surface area contributed by atoms with E-state index in [1.807, 2.05) is 44.2 Å². The molecule has 2 aromatic carbocycles. The summed E-state index contributed by atoms with van der Waals surface area (Å²) in [6.45, 7) is 3.71. The molecule has 0 fully saturated rings. The number of esters is 1. The highest BCUT2D eigenvalue weighted by Crippen LogP contribution is 2.25. The third-order valence-corrected chi connectivity index (χ3v) is 4.99. The van der Waals surface area contributed by atoms with E-state index < -0.39 is 17.8 Å². The fourth-order valence-electron chi connectivity index (χ4n) is 2.77. The number of hydrogen-bond acceptors (Lipinski definition) is 5. The minimum absolute atomic E-state index is 0.0626. The lowest BCUT2D eigenvalue weighted by Gasteiger charge is -2.11. The molecule has 0 atom stereocenters. The molecule has 0 aliphatic carbocycles. The van der Waals surface area contributed by atoms with Crippen molar-refractivity contribution < 1.29 is 23.9 Å². The van der Waals surface area contributed by atoms with Crippen molar-refractivity contribution in [1.29, 1.82) is 0 Å². The number of aryl methyl sites for hydroxylation is 3. The van der Waals surface area contributed by atoms with Gasteiger partial charge in [-0.1, -0.05) is 41.9 Å². The lowest BCUT2D eigenvalue weighted by atomic mass is 10.1. The Hall–Kier alpha value is -3.06. The molecule has 0 saturated carbocycles. The van der Waals surface area contributed by atoms with Crippen LogP contribution in [0.5, 0.6) is 5.75 Å². The number of rotatable bonds is 10. The molecular formula is C23H27ClN2O5. The van der Waals surface area contributed by atoms with Gasteiger partial charge in [-0.15, -0.1) is 0 Å². The van der Waals surface area contributed by atoms with E-state index in [0.29, 0.717) is 23.8 Å². The normalized spacial score (nSPS) is 10.3. The standard InChI is InChI=1S/C23H27ClN2O5/c1-16-13-19(14-17(2)23(16)24)31-15-21(28)26-25-20(27)10-11-22(29)30-12-6-9-18-7-4-3-5-8-18/h3-5,7-8,13-14H,6,9-12,15H2,1-2H3,(H,25,27)(H,26,28). The maximum Gasteiger partial charge on any atom is 0.306 e. The smallest absolute Gasteiger partial charge is 0.306 e. The first-order chi connectivity index (χ1) is 14.8. The molecule has 31 heavy (non-hydrogen) atoms. The number of halogens is 1. The molecule has 2 rings (SSSR count). The quantitative estimate of drug-likeness (QED) is 0.331. The van der Waals surface area contributed by atoms with E-state index in [2.05, 4.69) is 10.9 Å². The van der Waals surface area contributed by atoms with Crippen molar-refractivity contribution >= 4 is 29.4 Å². The summed E-state index contributed by atoms with van der Waals surface area (Å²) in [5, 5.41) is 0.652. The molecule has 0 aromatic heterocycles. The first kappa shape index (κ1) is 24.2. The van der Waals surface area contributed by atoms with Crippen LogP contribution in [0.3, 0.4) is 0 Å². The zero-order valence-corrected chi connectivity index (χ0v) is 18.5. The summed E-state index contributed by atoms with van der Waals surface area (Å²) in [6.07, 6.45) is 1.38. The Balaban J connectivity index is 1.56. The van der Waals surface area contributed by atoms with E-state index >= 15 is 0 Å². The average Bonchev–Trinajstić information content (AvgIpc) is 2.76. The predicted molar refractivity (Wildman–Crippen MR) is 118 cm³/mol. The molecule has 0 spiro atoms. The lowest BCUT2D eigenvalue weighted by molar-refractivity contribution is -0.145. The molecule has 2 N–H and O–H groups in total. The molecule has 0 heterocycles. The van der Waals surface area contributed by atoms with Crippen LogP contribution in [0.2, 0.25) is 5.02 Å². The van der Waals surface area contributed by atoms with Crippen LogP contribution in [0, 0.1) is 13.8 Å². The summed E-state index contributed by atoms with van der Waals surface area (Å²) < 4.78 is 10.5. The third kappa shape index (κ3) is 9.09. The van der Waals surface area contributed by atoms with Gasteiger partial charge in [0.25, 0.3) is 5.91 Å². The zero-order chi connectivity index (χ0) is 22.6. The minimum atomic E-state index is -0.526. The van der Waals surface area contributed by atoms with Gasteiger partial charge in [0.2, 0.25) is 5.91 Å². The molecule has 2 aromatic rings. The molecule has 166 valence electrons. The summed E-state index contributed by atoms with van der Waals surface area (Å²) in [6, 6.07) is 13.4. The molecule has 0 unspecified atom stereocenters. The van der Waals surface area contributed by atoms with E-state index in [9.17, 15) is 14.4 Å². The second-order valence-corrected chi connectivity index (χ2v) is 7.44. The number of nitrogens with one attached hydrogen (secondary N) is 2. The van der Waals surface area contributed by atoms with Crippen LogP contribution < -0.4 is 15.6 Å². The largest absolute Gasteiger partial charge is 0.484 e. The Morgan fingerprint density at radius 3 is 2.26 bits per heavy atom. The van der Waals surface area contributed by atoms with Crippen molar-refractivity contribution in [2.45, 2.75) is 39.5 Å². The summed E-state index contributed by atoms with van der Waals surface area (Å²) in [4.78, 5) is 35.3. The fraction of sp³-hybridized carbons (Fsp3) is 0.348. The summed E-state index contributed by atoms with van der Waals surface area (Å²) in [5.74, 6) is -0.961. The van der Waals surface area contributed by atoms with Gasteiger partial charge >= 0.3 is 5.97 Å². The topological polar surface area (TPSA) is 93.7 Å². The van der Waals surface area contributed by atoms with Crippen molar-refractivity contribution in [3.63, 3.8) is 0 Å². The van der Waals surface area contributed by atoms with Gasteiger partial charge in [-0.05, 0) is 55.5 Å². The van der Waals surface area contributed by atoms with E-state index in [4.69, 9.17) is 21.1 Å². The van der Waals surface area contributed by atoms with Gasteiger partial charge in [-0.25, -0.2) is 0 Å². The fourth-order valence-corrected chi connectivity index (χ4v) is 2.88. The Kier molecular flexibility index (Phi) is 9.84. The van der Waals surface area contributed by atoms with Crippen LogP contribution >= 0.6 is 11.6 Å². The molecule has 0 aliphatic rings. The highest BCUT2D eigenvalue weighted by molar-refractivity contribution is 6.32. The van der Waals surface area contributed by atoms with E-state index in [1.165, 1.54) is 5.56 Å². The molecule has 0 radical (unpaired) electrons. The molecule has 0 bridgehead atoms. The van der Waals surface area contributed by atoms with E-state index in [1.54, 1.807) is 12.1 Å². The van der Waals surface area contributed by atoms with Crippen LogP contribution in [-0.2, 0) is 25.5 Å². The summed E-state index contributed by atoms with van der Waals surface area (Å²) >= 11 is 6.09. The molecule has 0 aliphatic heterocycles. The third-order valence-electron chi connectivity index (χ3n) is 4.39. The van der Waals surface area contributed by atoms with E-state index in [-0.39, 0.29) is 19.4 Å². The van der Waals surface area contributed by atoms with Gasteiger partial charge < -0.3 is 9.47 Å². The van der Waals surface area contributed by atoms with Crippen molar-refractivity contribution in [3.05, 3.63) is 64.2 Å². The zero-order valence-electron chi connectivity index (χ0n) is 17.7. The summed E-state index contributed by atoms with van der Waals surface area (Å²) in [7, 11) is 0. The number of carbonyl (C=O) groups is 3. The van der Waals surface area contributed by atoms with Gasteiger partial charge in [0.1, 0.15) is 5.75 Å². The number of amides is 2. The molecular weight excluding hydrogens is 420 g/mol. The Morgan fingerprint density at radius 2 is 1.58 bits per heavy atom. The van der Waals surface area contributed by atoms with Crippen molar-refractivity contribution in [2.24, 2.45) is 0 Å². The number of benzene rings is 2. The Labute approximate surface area is 187 Å². The highest BCUT2D eigenvalue weighted by atomic mass is 35.5. The maximum atomic E-state index is 11.8. The second-order valence-electron chi connectivity index (χ2n) is 7.07. The first-order valence-corrected chi connectivity index (χ1v) is 10.4. The predicted octanol–water partition coefficient (Wildman–Crippen LogP) is 3.44. The van der Waals surface area contributed by atoms with Crippen LogP contribution in [0.4, 0.5) is 0 Å². The van der Waals surface area contributed by atoms with Crippen LogP contribution in [0.25, 0.3) is 0 Å². The minimum Gasteiger partial charge on any atom is -0.484 e. The van der Waals surface area contributed by atoms with Crippen LogP contribution in [0.15, 0.2) is 42.5 Å². The number of hydrogen-bond donors (Lipinski definition) is 2.